The Hall–Kier alpha value is -1.97. The molecule has 0 unspecified atom stereocenters. The average Bonchev–Trinajstić information content (AvgIpc) is 3.17. The van der Waals surface area contributed by atoms with E-state index in [-0.39, 0.29) is 16.0 Å². The molecule has 1 aliphatic heterocycles. The lowest BCUT2D eigenvalue weighted by Crippen LogP contribution is -2.38. The molecule has 0 spiro atoms. The van der Waals surface area contributed by atoms with Crippen LogP contribution in [-0.2, 0) is 17.1 Å². The van der Waals surface area contributed by atoms with Crippen molar-refractivity contribution in [3.63, 3.8) is 0 Å². The van der Waals surface area contributed by atoms with Crippen LogP contribution in [-0.4, -0.2) is 50.2 Å². The minimum atomic E-state index is -3.65. The molecule has 0 amide bonds. The van der Waals surface area contributed by atoms with Gasteiger partial charge in [0.2, 0.25) is 10.0 Å². The van der Waals surface area contributed by atoms with Gasteiger partial charge in [-0.2, -0.15) is 14.5 Å². The first-order chi connectivity index (χ1) is 12.8. The summed E-state index contributed by atoms with van der Waals surface area (Å²) in [5.74, 6) is 0.288. The van der Waals surface area contributed by atoms with Crippen LogP contribution >= 0.6 is 11.6 Å². The van der Waals surface area contributed by atoms with Crippen LogP contribution in [0.2, 0.25) is 5.15 Å². The quantitative estimate of drug-likeness (QED) is 0.663. The van der Waals surface area contributed by atoms with Crippen molar-refractivity contribution in [2.24, 2.45) is 7.05 Å². The minimum absolute atomic E-state index is 0.116. The van der Waals surface area contributed by atoms with Gasteiger partial charge in [-0.1, -0.05) is 11.6 Å². The molecule has 0 saturated carbocycles. The van der Waals surface area contributed by atoms with Crippen molar-refractivity contribution in [1.82, 2.24) is 28.7 Å². The third kappa shape index (κ3) is 3.03. The topological polar surface area (TPSA) is 85.4 Å². The Morgan fingerprint density at radius 2 is 1.93 bits per heavy atom. The van der Waals surface area contributed by atoms with E-state index in [4.69, 9.17) is 11.6 Å². The molecule has 1 saturated heterocycles. The third-order valence-corrected chi connectivity index (χ3v) is 7.85. The number of sulfonamides is 1. The first-order valence-electron chi connectivity index (χ1n) is 8.78. The van der Waals surface area contributed by atoms with Crippen LogP contribution in [0.4, 0.5) is 0 Å². The van der Waals surface area contributed by atoms with Gasteiger partial charge in [-0.3, -0.25) is 4.68 Å². The standard InChI is InChI=1S/C17H21ClN6O2S/c1-11-8-15-19-10-20-24(15)9-14(11)13-4-6-23(7-5-13)27(25,26)16-12(2)21-22(3)17(16)18/h8-10,13H,4-7H2,1-3H3. The van der Waals surface area contributed by atoms with Crippen LogP contribution in [0.5, 0.6) is 0 Å². The van der Waals surface area contributed by atoms with Gasteiger partial charge in [0, 0.05) is 26.3 Å². The highest BCUT2D eigenvalue weighted by Crippen LogP contribution is 2.34. The Balaban J connectivity index is 1.57. The summed E-state index contributed by atoms with van der Waals surface area (Å²) in [7, 11) is -2.01. The predicted molar refractivity (Wildman–Crippen MR) is 101 cm³/mol. The second kappa shape index (κ2) is 6.57. The molecule has 0 N–H and O–H groups in total. The highest BCUT2D eigenvalue weighted by Gasteiger charge is 2.34. The van der Waals surface area contributed by atoms with Crippen molar-refractivity contribution in [2.75, 3.05) is 13.1 Å². The van der Waals surface area contributed by atoms with Crippen LogP contribution in [0.25, 0.3) is 5.65 Å². The molecule has 4 rings (SSSR count). The van der Waals surface area contributed by atoms with Gasteiger partial charge in [0.25, 0.3) is 0 Å². The van der Waals surface area contributed by atoms with E-state index in [0.717, 1.165) is 24.1 Å². The van der Waals surface area contributed by atoms with Crippen LogP contribution in [0.1, 0.15) is 35.6 Å². The molecular formula is C17H21ClN6O2S. The van der Waals surface area contributed by atoms with Crippen LogP contribution in [0.15, 0.2) is 23.5 Å². The summed E-state index contributed by atoms with van der Waals surface area (Å²) < 4.78 is 30.8. The number of halogens is 1. The number of nitrogens with zero attached hydrogens (tertiary/aromatic N) is 6. The van der Waals surface area contributed by atoms with E-state index in [1.165, 1.54) is 20.9 Å². The Bertz CT molecular complexity index is 1110. The van der Waals surface area contributed by atoms with Crippen LogP contribution in [0.3, 0.4) is 0 Å². The van der Waals surface area contributed by atoms with E-state index < -0.39 is 10.0 Å². The number of pyridine rings is 1. The zero-order chi connectivity index (χ0) is 19.3. The average molecular weight is 409 g/mol. The van der Waals surface area contributed by atoms with Crippen LogP contribution in [0, 0.1) is 13.8 Å². The van der Waals surface area contributed by atoms with Gasteiger partial charge < -0.3 is 0 Å². The number of aryl methyl sites for hydroxylation is 3. The van der Waals surface area contributed by atoms with Gasteiger partial charge in [-0.15, -0.1) is 0 Å². The van der Waals surface area contributed by atoms with Crippen LogP contribution < -0.4 is 0 Å². The minimum Gasteiger partial charge on any atom is -0.255 e. The molecule has 8 nitrogen and oxygen atoms in total. The fourth-order valence-electron chi connectivity index (χ4n) is 3.84. The van der Waals surface area contributed by atoms with Crippen molar-refractivity contribution in [3.8, 4) is 0 Å². The van der Waals surface area contributed by atoms with Gasteiger partial charge in [0.15, 0.2) is 5.65 Å². The van der Waals surface area contributed by atoms with E-state index in [9.17, 15) is 8.42 Å². The molecule has 1 aliphatic rings. The van der Waals surface area contributed by atoms with Crippen molar-refractivity contribution in [1.29, 1.82) is 0 Å². The fraction of sp³-hybridized carbons (Fsp3) is 0.471. The lowest BCUT2D eigenvalue weighted by molar-refractivity contribution is 0.318. The van der Waals surface area contributed by atoms with Gasteiger partial charge in [0.05, 0.1) is 5.69 Å². The second-order valence-electron chi connectivity index (χ2n) is 6.98. The summed E-state index contributed by atoms with van der Waals surface area (Å²) >= 11 is 6.19. The zero-order valence-corrected chi connectivity index (χ0v) is 17.0. The maximum atomic E-state index is 13.1. The highest BCUT2D eigenvalue weighted by atomic mass is 35.5. The first kappa shape index (κ1) is 18.4. The summed E-state index contributed by atoms with van der Waals surface area (Å²) in [5, 5.41) is 8.49. The van der Waals surface area contributed by atoms with E-state index in [1.54, 1.807) is 18.5 Å². The number of piperidine rings is 1. The Labute approximate surface area is 162 Å². The van der Waals surface area contributed by atoms with E-state index in [2.05, 4.69) is 22.1 Å². The molecule has 27 heavy (non-hydrogen) atoms. The Morgan fingerprint density at radius 3 is 2.56 bits per heavy atom. The van der Waals surface area contributed by atoms with E-state index in [0.29, 0.717) is 18.8 Å². The largest absolute Gasteiger partial charge is 0.255 e. The Morgan fingerprint density at radius 1 is 1.22 bits per heavy atom. The lowest BCUT2D eigenvalue weighted by Gasteiger charge is -2.32. The number of aromatic nitrogens is 5. The molecule has 144 valence electrons. The molecule has 10 heteroatoms. The summed E-state index contributed by atoms with van der Waals surface area (Å²) in [6.45, 7) is 4.63. The molecule has 0 aliphatic carbocycles. The highest BCUT2D eigenvalue weighted by molar-refractivity contribution is 7.89. The number of rotatable bonds is 3. The maximum absolute atomic E-state index is 13.1. The van der Waals surface area contributed by atoms with Crippen molar-refractivity contribution >= 4 is 27.3 Å². The van der Waals surface area contributed by atoms with Gasteiger partial charge in [-0.05, 0) is 49.8 Å². The van der Waals surface area contributed by atoms with Gasteiger partial charge in [0.1, 0.15) is 16.4 Å². The number of hydrogen-bond donors (Lipinski definition) is 0. The number of fused-ring (bicyclic) bond motifs is 1. The van der Waals surface area contributed by atoms with Crippen molar-refractivity contribution < 1.29 is 8.42 Å². The number of hydrogen-bond acceptors (Lipinski definition) is 5. The first-order valence-corrected chi connectivity index (χ1v) is 10.6. The SMILES string of the molecule is Cc1cc2ncnn2cc1C1CCN(S(=O)(=O)c2c(C)nn(C)c2Cl)CC1. The summed E-state index contributed by atoms with van der Waals surface area (Å²) in [6, 6.07) is 2.02. The lowest BCUT2D eigenvalue weighted by atomic mass is 9.89. The Kier molecular flexibility index (Phi) is 4.48. The molecule has 0 radical (unpaired) electrons. The second-order valence-corrected chi connectivity index (χ2v) is 9.21. The maximum Gasteiger partial charge on any atom is 0.248 e. The normalized spacial score (nSPS) is 17.0. The molecule has 4 heterocycles. The monoisotopic (exact) mass is 408 g/mol. The zero-order valence-electron chi connectivity index (χ0n) is 15.4. The van der Waals surface area contributed by atoms with Crippen molar-refractivity contribution in [3.05, 3.63) is 40.6 Å². The van der Waals surface area contributed by atoms with Gasteiger partial charge in [-0.25, -0.2) is 17.9 Å². The summed E-state index contributed by atoms with van der Waals surface area (Å²) in [5.41, 5.74) is 3.60. The summed E-state index contributed by atoms with van der Waals surface area (Å²) in [6.07, 6.45) is 5.04. The summed E-state index contributed by atoms with van der Waals surface area (Å²) in [4.78, 5) is 4.32. The van der Waals surface area contributed by atoms with Crippen molar-refractivity contribution in [2.45, 2.75) is 37.5 Å². The van der Waals surface area contributed by atoms with E-state index >= 15 is 0 Å². The molecular weight excluding hydrogens is 388 g/mol. The van der Waals surface area contributed by atoms with Gasteiger partial charge >= 0.3 is 0 Å². The fourth-order valence-corrected chi connectivity index (χ4v) is 6.02. The molecule has 0 atom stereocenters. The molecule has 0 aromatic carbocycles. The van der Waals surface area contributed by atoms with E-state index in [1.807, 2.05) is 12.3 Å². The molecule has 0 bridgehead atoms. The predicted octanol–water partition coefficient (Wildman–Crippen LogP) is 2.30. The molecule has 3 aromatic heterocycles. The third-order valence-electron chi connectivity index (χ3n) is 5.25. The smallest absolute Gasteiger partial charge is 0.248 e. The molecule has 3 aromatic rings. The molecule has 1 fully saturated rings.